The minimum absolute atomic E-state index is 0.239. The fraction of sp³-hybridized carbons (Fsp3) is 0.333. The Labute approximate surface area is 160 Å². The summed E-state index contributed by atoms with van der Waals surface area (Å²) in [5.74, 6) is 0.453. The van der Waals surface area contributed by atoms with Crippen molar-refractivity contribution in [3.05, 3.63) is 43.7 Å². The van der Waals surface area contributed by atoms with Crippen LogP contribution < -0.4 is 10.1 Å². The topological polar surface area (TPSA) is 62.1 Å². The van der Waals surface area contributed by atoms with E-state index in [0.717, 1.165) is 24.8 Å². The third-order valence-electron chi connectivity index (χ3n) is 4.31. The SMILES string of the molecule is COc1c(Cl)cc(Cl)cc1C(=O)Nc1sc2c(c1C#N)CC[C@@H](C)C2. The number of carbonyl (C=O) groups excluding carboxylic acids is 1. The number of anilines is 1. The van der Waals surface area contributed by atoms with E-state index in [9.17, 15) is 10.1 Å². The molecule has 2 aromatic rings. The molecule has 7 heteroatoms. The van der Waals surface area contributed by atoms with Crippen LogP contribution in [0.15, 0.2) is 12.1 Å². The van der Waals surface area contributed by atoms with E-state index in [1.165, 1.54) is 35.5 Å². The predicted octanol–water partition coefficient (Wildman–Crippen LogP) is 5.31. The summed E-state index contributed by atoms with van der Waals surface area (Å²) in [5, 5.41) is 13.6. The van der Waals surface area contributed by atoms with Crippen LogP contribution in [-0.4, -0.2) is 13.0 Å². The molecule has 1 aromatic heterocycles. The Bertz CT molecular complexity index is 886. The fourth-order valence-electron chi connectivity index (χ4n) is 3.06. The second kappa shape index (κ2) is 7.25. The molecular formula is C18H16Cl2N2O2S. The van der Waals surface area contributed by atoms with Gasteiger partial charge >= 0.3 is 0 Å². The Kier molecular flexibility index (Phi) is 5.24. The van der Waals surface area contributed by atoms with Crippen molar-refractivity contribution >= 4 is 45.4 Å². The average molecular weight is 395 g/mol. The molecular weight excluding hydrogens is 379 g/mol. The monoisotopic (exact) mass is 394 g/mol. The molecule has 0 radical (unpaired) electrons. The van der Waals surface area contributed by atoms with Crippen LogP contribution in [0.25, 0.3) is 0 Å². The third-order valence-corrected chi connectivity index (χ3v) is 5.98. The molecule has 1 heterocycles. The number of fused-ring (bicyclic) bond motifs is 1. The molecule has 1 amide bonds. The van der Waals surface area contributed by atoms with Gasteiger partial charge in [-0.2, -0.15) is 5.26 Å². The number of rotatable bonds is 3. The van der Waals surface area contributed by atoms with Gasteiger partial charge in [0.2, 0.25) is 0 Å². The second-order valence-corrected chi connectivity index (χ2v) is 8.04. The molecule has 130 valence electrons. The Morgan fingerprint density at radius 1 is 1.44 bits per heavy atom. The molecule has 0 bridgehead atoms. The number of ether oxygens (including phenoxy) is 1. The molecule has 1 N–H and O–H groups in total. The first kappa shape index (κ1) is 18.1. The van der Waals surface area contributed by atoms with Crippen LogP contribution in [0, 0.1) is 17.2 Å². The highest BCUT2D eigenvalue weighted by Gasteiger charge is 2.26. The summed E-state index contributed by atoms with van der Waals surface area (Å²) >= 11 is 13.6. The molecule has 25 heavy (non-hydrogen) atoms. The Balaban J connectivity index is 1.96. The van der Waals surface area contributed by atoms with Crippen molar-refractivity contribution in [2.75, 3.05) is 12.4 Å². The van der Waals surface area contributed by atoms with Crippen molar-refractivity contribution in [3.8, 4) is 11.8 Å². The summed E-state index contributed by atoms with van der Waals surface area (Å²) in [6, 6.07) is 5.26. The van der Waals surface area contributed by atoms with Gasteiger partial charge in [0, 0.05) is 9.90 Å². The van der Waals surface area contributed by atoms with Crippen molar-refractivity contribution in [3.63, 3.8) is 0 Å². The van der Waals surface area contributed by atoms with Crippen molar-refractivity contribution < 1.29 is 9.53 Å². The van der Waals surface area contributed by atoms with E-state index in [2.05, 4.69) is 18.3 Å². The van der Waals surface area contributed by atoms with Crippen LogP contribution in [0.4, 0.5) is 5.00 Å². The standard InChI is InChI=1S/C18H16Cl2N2O2S/c1-9-3-4-11-13(8-21)18(25-15(11)5-9)22-17(23)12-6-10(19)7-14(20)16(12)24-2/h6-7,9H,3-5H2,1-2H3,(H,22,23)/t9-/m1/s1. The lowest BCUT2D eigenvalue weighted by atomic mass is 9.88. The molecule has 1 aliphatic carbocycles. The van der Waals surface area contributed by atoms with Crippen LogP contribution in [0.3, 0.4) is 0 Å². The van der Waals surface area contributed by atoms with Crippen LogP contribution >= 0.6 is 34.5 Å². The first-order chi connectivity index (χ1) is 11.9. The number of carbonyl (C=O) groups is 1. The van der Waals surface area contributed by atoms with Gasteiger partial charge in [0.25, 0.3) is 5.91 Å². The zero-order valence-electron chi connectivity index (χ0n) is 13.8. The molecule has 0 unspecified atom stereocenters. The van der Waals surface area contributed by atoms with Gasteiger partial charge in [-0.25, -0.2) is 0 Å². The van der Waals surface area contributed by atoms with Gasteiger partial charge in [0.1, 0.15) is 16.8 Å². The smallest absolute Gasteiger partial charge is 0.260 e. The first-order valence-corrected chi connectivity index (χ1v) is 9.40. The van der Waals surface area contributed by atoms with E-state index < -0.39 is 5.91 Å². The molecule has 0 spiro atoms. The molecule has 0 aliphatic heterocycles. The molecule has 1 aromatic carbocycles. The highest BCUT2D eigenvalue weighted by atomic mass is 35.5. The molecule has 1 aliphatic rings. The number of nitrogens with one attached hydrogen (secondary N) is 1. The first-order valence-electron chi connectivity index (χ1n) is 7.83. The summed E-state index contributed by atoms with van der Waals surface area (Å²) in [5.41, 5.74) is 1.87. The lowest BCUT2D eigenvalue weighted by Crippen LogP contribution is -2.13. The van der Waals surface area contributed by atoms with E-state index in [4.69, 9.17) is 27.9 Å². The van der Waals surface area contributed by atoms with Gasteiger partial charge in [-0.05, 0) is 42.9 Å². The normalized spacial score (nSPS) is 16.0. The second-order valence-electron chi connectivity index (χ2n) is 6.09. The number of hydrogen-bond acceptors (Lipinski definition) is 4. The average Bonchev–Trinajstić information content (AvgIpc) is 2.89. The Morgan fingerprint density at radius 2 is 2.20 bits per heavy atom. The summed E-state index contributed by atoms with van der Waals surface area (Å²) in [6.07, 6.45) is 2.87. The quantitative estimate of drug-likeness (QED) is 0.766. The molecule has 3 rings (SSSR count). The van der Waals surface area contributed by atoms with E-state index >= 15 is 0 Å². The lowest BCUT2D eigenvalue weighted by Gasteiger charge is -2.17. The molecule has 0 saturated heterocycles. The molecule has 1 atom stereocenters. The van der Waals surface area contributed by atoms with E-state index in [1.54, 1.807) is 0 Å². The van der Waals surface area contributed by atoms with Crippen LogP contribution in [-0.2, 0) is 12.8 Å². The number of nitrogens with zero attached hydrogens (tertiary/aromatic N) is 1. The highest BCUT2D eigenvalue weighted by Crippen LogP contribution is 2.40. The number of benzene rings is 1. The van der Waals surface area contributed by atoms with Crippen LogP contribution in [0.1, 0.15) is 39.7 Å². The minimum Gasteiger partial charge on any atom is -0.494 e. The van der Waals surface area contributed by atoms with Gasteiger partial charge in [0.15, 0.2) is 0 Å². The maximum atomic E-state index is 12.7. The molecule has 4 nitrogen and oxygen atoms in total. The van der Waals surface area contributed by atoms with Gasteiger partial charge < -0.3 is 10.1 Å². The number of halogens is 2. The molecule has 0 fully saturated rings. The fourth-order valence-corrected chi connectivity index (χ4v) is 4.99. The van der Waals surface area contributed by atoms with Gasteiger partial charge in [0.05, 0.1) is 23.3 Å². The highest BCUT2D eigenvalue weighted by molar-refractivity contribution is 7.16. The van der Waals surface area contributed by atoms with Crippen LogP contribution in [0.2, 0.25) is 10.0 Å². The lowest BCUT2D eigenvalue weighted by molar-refractivity contribution is 0.102. The van der Waals surface area contributed by atoms with Crippen molar-refractivity contribution in [2.45, 2.75) is 26.2 Å². The minimum atomic E-state index is -0.399. The van der Waals surface area contributed by atoms with E-state index in [1.807, 2.05) is 0 Å². The zero-order chi connectivity index (χ0) is 18.1. The molecule has 0 saturated carbocycles. The van der Waals surface area contributed by atoms with Crippen molar-refractivity contribution in [1.29, 1.82) is 5.26 Å². The maximum Gasteiger partial charge on any atom is 0.260 e. The summed E-state index contributed by atoms with van der Waals surface area (Å²) < 4.78 is 5.23. The van der Waals surface area contributed by atoms with Crippen molar-refractivity contribution in [2.24, 2.45) is 5.92 Å². The summed E-state index contributed by atoms with van der Waals surface area (Å²) in [6.45, 7) is 2.20. The van der Waals surface area contributed by atoms with Gasteiger partial charge in [-0.15, -0.1) is 11.3 Å². The zero-order valence-corrected chi connectivity index (χ0v) is 16.1. The maximum absolute atomic E-state index is 12.7. The number of methoxy groups -OCH3 is 1. The predicted molar refractivity (Wildman–Crippen MR) is 101 cm³/mol. The van der Waals surface area contributed by atoms with E-state index in [-0.39, 0.29) is 16.3 Å². The Morgan fingerprint density at radius 3 is 2.88 bits per heavy atom. The number of hydrogen-bond donors (Lipinski definition) is 1. The Hall–Kier alpha value is -1.74. The third kappa shape index (κ3) is 3.48. The van der Waals surface area contributed by atoms with Gasteiger partial charge in [-0.3, -0.25) is 4.79 Å². The summed E-state index contributed by atoms with van der Waals surface area (Å²) in [7, 11) is 1.44. The number of nitriles is 1. The summed E-state index contributed by atoms with van der Waals surface area (Å²) in [4.78, 5) is 13.9. The van der Waals surface area contributed by atoms with Gasteiger partial charge in [-0.1, -0.05) is 30.1 Å². The largest absolute Gasteiger partial charge is 0.494 e. The number of thiophene rings is 1. The number of amides is 1. The van der Waals surface area contributed by atoms with E-state index in [0.29, 0.717) is 21.5 Å². The van der Waals surface area contributed by atoms with Crippen molar-refractivity contribution in [1.82, 2.24) is 0 Å². The van der Waals surface area contributed by atoms with Crippen LogP contribution in [0.5, 0.6) is 5.75 Å².